The van der Waals surface area contributed by atoms with Crippen LogP contribution in [-0.2, 0) is 0 Å². The molecule has 0 N–H and O–H groups in total. The van der Waals surface area contributed by atoms with Crippen LogP contribution in [-0.4, -0.2) is 12.9 Å². The predicted molar refractivity (Wildman–Crippen MR) is 72.7 cm³/mol. The predicted octanol–water partition coefficient (Wildman–Crippen LogP) is 3.87. The minimum Gasteiger partial charge on any atom is -0.494 e. The van der Waals surface area contributed by atoms with Gasteiger partial charge in [-0.25, -0.2) is 8.78 Å². The number of hydrogen-bond donors (Lipinski definition) is 0. The van der Waals surface area contributed by atoms with Crippen LogP contribution in [0.1, 0.15) is 15.9 Å². The van der Waals surface area contributed by atoms with Crippen LogP contribution in [0.2, 0.25) is 0 Å². The minimum absolute atomic E-state index is 0.0793. The average molecular weight is 274 g/mol. The van der Waals surface area contributed by atoms with Gasteiger partial charge in [0.25, 0.3) is 0 Å². The molecule has 0 radical (unpaired) electrons. The normalized spacial score (nSPS) is 10.8. The van der Waals surface area contributed by atoms with Crippen molar-refractivity contribution in [2.75, 3.05) is 7.11 Å². The van der Waals surface area contributed by atoms with Crippen LogP contribution in [0.4, 0.5) is 8.78 Å². The highest BCUT2D eigenvalue weighted by molar-refractivity contribution is 6.06. The molecule has 2 rings (SSSR count). The molecule has 0 aliphatic heterocycles. The quantitative estimate of drug-likeness (QED) is 0.625. The van der Waals surface area contributed by atoms with E-state index in [2.05, 4.69) is 0 Å². The Morgan fingerprint density at radius 1 is 1.15 bits per heavy atom. The van der Waals surface area contributed by atoms with Gasteiger partial charge >= 0.3 is 0 Å². The van der Waals surface area contributed by atoms with Crippen LogP contribution < -0.4 is 4.74 Å². The van der Waals surface area contributed by atoms with E-state index in [1.807, 2.05) is 0 Å². The molecule has 102 valence electrons. The lowest BCUT2D eigenvalue weighted by Crippen LogP contribution is -1.97. The van der Waals surface area contributed by atoms with Crippen LogP contribution in [0.5, 0.6) is 5.75 Å². The van der Waals surface area contributed by atoms with E-state index in [0.717, 1.165) is 6.07 Å². The summed E-state index contributed by atoms with van der Waals surface area (Å²) in [6.45, 7) is 0. The van der Waals surface area contributed by atoms with Crippen molar-refractivity contribution in [2.45, 2.75) is 0 Å². The highest BCUT2D eigenvalue weighted by atomic mass is 19.1. The third-order valence-electron chi connectivity index (χ3n) is 2.71. The summed E-state index contributed by atoms with van der Waals surface area (Å²) in [5, 5.41) is 0. The first-order chi connectivity index (χ1) is 9.60. The van der Waals surface area contributed by atoms with Gasteiger partial charge in [-0.05, 0) is 42.0 Å². The third-order valence-corrected chi connectivity index (χ3v) is 2.71. The number of carbonyl (C=O) groups is 1. The Hall–Kier alpha value is -2.49. The van der Waals surface area contributed by atoms with Gasteiger partial charge in [-0.1, -0.05) is 18.2 Å². The largest absolute Gasteiger partial charge is 0.494 e. The van der Waals surface area contributed by atoms with Gasteiger partial charge in [0.05, 0.1) is 7.11 Å². The highest BCUT2D eigenvalue weighted by Crippen LogP contribution is 2.18. The van der Waals surface area contributed by atoms with Gasteiger partial charge in [0.15, 0.2) is 17.3 Å². The number of hydrogen-bond acceptors (Lipinski definition) is 2. The third kappa shape index (κ3) is 3.29. The van der Waals surface area contributed by atoms with Gasteiger partial charge in [0.1, 0.15) is 5.82 Å². The van der Waals surface area contributed by atoms with Crippen molar-refractivity contribution in [3.05, 3.63) is 71.3 Å². The number of ether oxygens (including phenoxy) is 1. The molecule has 0 saturated carbocycles. The first-order valence-electron chi connectivity index (χ1n) is 5.91. The zero-order valence-corrected chi connectivity index (χ0v) is 10.8. The topological polar surface area (TPSA) is 26.3 Å². The Bertz CT molecular complexity index is 663. The van der Waals surface area contributed by atoms with Crippen molar-refractivity contribution in [1.82, 2.24) is 0 Å². The summed E-state index contributed by atoms with van der Waals surface area (Å²) in [5.74, 6) is -1.26. The molecule has 0 unspecified atom stereocenters. The van der Waals surface area contributed by atoms with Gasteiger partial charge in [-0.15, -0.1) is 0 Å². The summed E-state index contributed by atoms with van der Waals surface area (Å²) in [4.78, 5) is 11.9. The summed E-state index contributed by atoms with van der Waals surface area (Å²) in [7, 11) is 1.35. The molecule has 0 aromatic heterocycles. The van der Waals surface area contributed by atoms with Gasteiger partial charge in [0.2, 0.25) is 0 Å². The molecule has 2 nitrogen and oxygen atoms in total. The van der Waals surface area contributed by atoms with Crippen LogP contribution in [0.25, 0.3) is 6.08 Å². The summed E-state index contributed by atoms with van der Waals surface area (Å²) in [5.41, 5.74) is 0.767. The minimum atomic E-state index is -0.600. The molecule has 0 heterocycles. The van der Waals surface area contributed by atoms with E-state index < -0.39 is 5.82 Å². The molecule has 0 saturated heterocycles. The molecular formula is C16H12F2O2. The molecule has 0 spiro atoms. The lowest BCUT2D eigenvalue weighted by atomic mass is 10.1. The Balaban J connectivity index is 2.18. The van der Waals surface area contributed by atoms with Crippen molar-refractivity contribution < 1.29 is 18.3 Å². The molecule has 2 aromatic carbocycles. The van der Waals surface area contributed by atoms with Gasteiger partial charge in [-0.3, -0.25) is 4.79 Å². The van der Waals surface area contributed by atoms with Crippen molar-refractivity contribution in [3.63, 3.8) is 0 Å². The van der Waals surface area contributed by atoms with Gasteiger partial charge in [-0.2, -0.15) is 0 Å². The molecule has 0 bridgehead atoms. The van der Waals surface area contributed by atoms with Crippen LogP contribution >= 0.6 is 0 Å². The second kappa shape index (κ2) is 6.10. The lowest BCUT2D eigenvalue weighted by molar-refractivity contribution is 0.104. The summed E-state index contributed by atoms with van der Waals surface area (Å²) in [6, 6.07) is 9.81. The molecule has 2 aromatic rings. The fourth-order valence-electron chi connectivity index (χ4n) is 1.70. The van der Waals surface area contributed by atoms with Crippen molar-refractivity contribution in [2.24, 2.45) is 0 Å². The summed E-state index contributed by atoms with van der Waals surface area (Å²) < 4.78 is 31.2. The van der Waals surface area contributed by atoms with E-state index in [0.29, 0.717) is 5.56 Å². The Kier molecular flexibility index (Phi) is 4.25. The monoisotopic (exact) mass is 274 g/mol. The smallest absolute Gasteiger partial charge is 0.185 e. The first-order valence-corrected chi connectivity index (χ1v) is 5.91. The maximum atomic E-state index is 13.5. The Labute approximate surface area is 115 Å². The van der Waals surface area contributed by atoms with Gasteiger partial charge in [0, 0.05) is 5.56 Å². The first kappa shape index (κ1) is 13.9. The van der Waals surface area contributed by atoms with Crippen molar-refractivity contribution in [3.8, 4) is 5.75 Å². The highest BCUT2D eigenvalue weighted by Gasteiger charge is 2.07. The zero-order valence-electron chi connectivity index (χ0n) is 10.8. The van der Waals surface area contributed by atoms with Crippen LogP contribution in [0.3, 0.4) is 0 Å². The standard InChI is InChI=1S/C16H12F2O2/c1-20-16-8-6-12(10-14(16)18)15(19)7-5-11-3-2-4-13(17)9-11/h2-10H,1H3/b7-5+. The zero-order chi connectivity index (χ0) is 14.5. The van der Waals surface area contributed by atoms with Crippen molar-refractivity contribution >= 4 is 11.9 Å². The Morgan fingerprint density at radius 2 is 1.95 bits per heavy atom. The average Bonchev–Trinajstić information content (AvgIpc) is 2.44. The van der Waals surface area contributed by atoms with Gasteiger partial charge < -0.3 is 4.74 Å². The maximum absolute atomic E-state index is 13.5. The number of carbonyl (C=O) groups excluding carboxylic acids is 1. The number of allylic oxidation sites excluding steroid dienone is 1. The van der Waals surface area contributed by atoms with E-state index in [1.165, 1.54) is 43.5 Å². The fourth-order valence-corrected chi connectivity index (χ4v) is 1.70. The molecule has 0 atom stereocenters. The molecule has 4 heteroatoms. The number of methoxy groups -OCH3 is 1. The van der Waals surface area contributed by atoms with E-state index in [9.17, 15) is 13.6 Å². The maximum Gasteiger partial charge on any atom is 0.185 e. The number of benzene rings is 2. The van der Waals surface area contributed by atoms with Crippen LogP contribution in [0.15, 0.2) is 48.5 Å². The number of rotatable bonds is 4. The van der Waals surface area contributed by atoms with Crippen LogP contribution in [0, 0.1) is 11.6 Å². The summed E-state index contributed by atoms with van der Waals surface area (Å²) >= 11 is 0. The molecule has 0 aliphatic carbocycles. The van der Waals surface area contributed by atoms with E-state index >= 15 is 0 Å². The SMILES string of the molecule is COc1ccc(C(=O)/C=C/c2cccc(F)c2)cc1F. The van der Waals surface area contributed by atoms with Crippen molar-refractivity contribution in [1.29, 1.82) is 0 Å². The molecule has 20 heavy (non-hydrogen) atoms. The van der Waals surface area contributed by atoms with E-state index in [4.69, 9.17) is 4.74 Å². The van der Waals surface area contributed by atoms with E-state index in [1.54, 1.807) is 12.1 Å². The molecule has 0 amide bonds. The number of halogens is 2. The fraction of sp³-hybridized carbons (Fsp3) is 0.0625. The Morgan fingerprint density at radius 3 is 2.60 bits per heavy atom. The second-order valence-electron chi connectivity index (χ2n) is 4.10. The number of ketones is 1. The molecule has 0 aliphatic rings. The molecular weight excluding hydrogens is 262 g/mol. The molecule has 0 fully saturated rings. The second-order valence-corrected chi connectivity index (χ2v) is 4.10. The summed E-state index contributed by atoms with van der Waals surface area (Å²) in [6.07, 6.45) is 2.75. The van der Waals surface area contributed by atoms with E-state index in [-0.39, 0.29) is 22.9 Å². The lowest BCUT2D eigenvalue weighted by Gasteiger charge is -2.02.